The minimum absolute atomic E-state index is 0.594. The summed E-state index contributed by atoms with van der Waals surface area (Å²) in [5, 5.41) is 0. The zero-order chi connectivity index (χ0) is 10.6. The highest BCUT2D eigenvalue weighted by molar-refractivity contribution is 6.51. The van der Waals surface area contributed by atoms with Crippen molar-refractivity contribution in [2.24, 2.45) is 0 Å². The summed E-state index contributed by atoms with van der Waals surface area (Å²) >= 11 is 23.7. The summed E-state index contributed by atoms with van der Waals surface area (Å²) in [4.78, 5) is 0. The lowest BCUT2D eigenvalue weighted by Gasteiger charge is -2.16. The Hall–Kier alpha value is 0.340. The van der Waals surface area contributed by atoms with Crippen molar-refractivity contribution in [3.05, 3.63) is 34.9 Å². The van der Waals surface area contributed by atoms with Crippen LogP contribution in [0, 0.1) is 6.92 Å². The molecule has 5 heteroatoms. The molecule has 0 unspecified atom stereocenters. The molecular weight excluding hydrogens is 266 g/mol. The van der Waals surface area contributed by atoms with Gasteiger partial charge in [0.2, 0.25) is 9.04 Å². The Balaban J connectivity index is 2.66. The van der Waals surface area contributed by atoms with Crippen LogP contribution < -0.4 is 0 Å². The molecule has 0 spiro atoms. The SMILES string of the molecule is Cc1ccc2c(c1)C(Cl)(Cl)OC2(Cl)Cl. The van der Waals surface area contributed by atoms with E-state index in [2.05, 4.69) is 0 Å². The molecule has 14 heavy (non-hydrogen) atoms. The third-order valence-corrected chi connectivity index (χ3v) is 3.18. The molecule has 0 saturated heterocycles. The van der Waals surface area contributed by atoms with Crippen molar-refractivity contribution in [3.8, 4) is 0 Å². The molecule has 0 radical (unpaired) electrons. The van der Waals surface area contributed by atoms with Gasteiger partial charge in [-0.3, -0.25) is 0 Å². The van der Waals surface area contributed by atoms with E-state index in [0.717, 1.165) is 5.56 Å². The largest absolute Gasteiger partial charge is 0.302 e. The van der Waals surface area contributed by atoms with Crippen LogP contribution in [-0.4, -0.2) is 0 Å². The van der Waals surface area contributed by atoms with E-state index in [1.807, 2.05) is 19.1 Å². The molecule has 1 aliphatic heterocycles. The third kappa shape index (κ3) is 1.62. The molecule has 0 N–H and O–H groups in total. The highest BCUT2D eigenvalue weighted by atomic mass is 35.5. The summed E-state index contributed by atoms with van der Waals surface area (Å²) in [6.45, 7) is 1.92. The van der Waals surface area contributed by atoms with E-state index in [1.165, 1.54) is 0 Å². The predicted octanol–water partition coefficient (Wildman–Crippen LogP) is 4.20. The van der Waals surface area contributed by atoms with Crippen molar-refractivity contribution in [3.63, 3.8) is 0 Å². The second-order valence-corrected chi connectivity index (χ2v) is 5.70. The molecule has 76 valence electrons. The number of aryl methyl sites for hydroxylation is 1. The molecule has 2 rings (SSSR count). The number of rotatable bonds is 0. The first-order chi connectivity index (χ1) is 6.33. The summed E-state index contributed by atoms with van der Waals surface area (Å²) in [5.41, 5.74) is 2.21. The van der Waals surface area contributed by atoms with Gasteiger partial charge in [0.05, 0.1) is 0 Å². The lowest BCUT2D eigenvalue weighted by atomic mass is 10.1. The lowest BCUT2D eigenvalue weighted by Crippen LogP contribution is -2.13. The van der Waals surface area contributed by atoms with Crippen LogP contribution in [0.1, 0.15) is 16.7 Å². The van der Waals surface area contributed by atoms with Crippen molar-refractivity contribution >= 4 is 46.4 Å². The van der Waals surface area contributed by atoms with Crippen LogP contribution in [0.4, 0.5) is 0 Å². The molecular formula is C9H6Cl4O. The monoisotopic (exact) mass is 270 g/mol. The Morgan fingerprint density at radius 2 is 1.57 bits per heavy atom. The highest BCUT2D eigenvalue weighted by Gasteiger charge is 2.50. The summed E-state index contributed by atoms with van der Waals surface area (Å²) in [7, 11) is 0. The number of alkyl halides is 4. The molecule has 0 amide bonds. The molecule has 1 aromatic rings. The molecule has 1 heterocycles. The Kier molecular flexibility index (Phi) is 2.45. The Morgan fingerprint density at radius 1 is 1.00 bits per heavy atom. The van der Waals surface area contributed by atoms with Crippen LogP contribution in [0.15, 0.2) is 18.2 Å². The smallest absolute Gasteiger partial charge is 0.247 e. The predicted molar refractivity (Wildman–Crippen MR) is 59.0 cm³/mol. The minimum Gasteiger partial charge on any atom is -0.302 e. The molecule has 0 fully saturated rings. The number of hydrogen-bond donors (Lipinski definition) is 0. The zero-order valence-corrected chi connectivity index (χ0v) is 10.2. The second kappa shape index (κ2) is 3.16. The van der Waals surface area contributed by atoms with Gasteiger partial charge in [0, 0.05) is 11.1 Å². The fourth-order valence-corrected chi connectivity index (χ4v) is 2.69. The van der Waals surface area contributed by atoms with Crippen molar-refractivity contribution in [2.45, 2.75) is 16.0 Å². The summed E-state index contributed by atoms with van der Waals surface area (Å²) in [5.74, 6) is 0. The molecule has 0 aromatic heterocycles. The number of hydrogen-bond acceptors (Lipinski definition) is 1. The van der Waals surface area contributed by atoms with Gasteiger partial charge in [-0.25, -0.2) is 0 Å². The fourth-order valence-electron chi connectivity index (χ4n) is 1.42. The maximum absolute atomic E-state index is 5.93. The van der Waals surface area contributed by atoms with Gasteiger partial charge >= 0.3 is 0 Å². The first-order valence-electron chi connectivity index (χ1n) is 3.90. The van der Waals surface area contributed by atoms with Crippen LogP contribution in [0.2, 0.25) is 0 Å². The van der Waals surface area contributed by atoms with Crippen molar-refractivity contribution in [1.82, 2.24) is 0 Å². The quantitative estimate of drug-likeness (QED) is 0.643. The molecule has 0 atom stereocenters. The number of halogens is 4. The van der Waals surface area contributed by atoms with Crippen LogP contribution >= 0.6 is 46.4 Å². The van der Waals surface area contributed by atoms with Gasteiger partial charge in [0.15, 0.2) is 0 Å². The van der Waals surface area contributed by atoms with Crippen LogP contribution in [0.25, 0.3) is 0 Å². The standard InChI is InChI=1S/C9H6Cl4O/c1-5-2-3-6-7(4-5)9(12,13)14-8(6,10)11/h2-4H,1H3. The molecule has 0 aliphatic carbocycles. The molecule has 0 bridgehead atoms. The number of benzene rings is 1. The van der Waals surface area contributed by atoms with Crippen LogP contribution in [0.3, 0.4) is 0 Å². The topological polar surface area (TPSA) is 9.23 Å². The average Bonchev–Trinajstić information content (AvgIpc) is 2.17. The summed E-state index contributed by atoms with van der Waals surface area (Å²) in [6, 6.07) is 5.44. The van der Waals surface area contributed by atoms with Crippen molar-refractivity contribution in [1.29, 1.82) is 0 Å². The highest BCUT2D eigenvalue weighted by Crippen LogP contribution is 2.56. The van der Waals surface area contributed by atoms with Gasteiger partial charge in [0.1, 0.15) is 0 Å². The first kappa shape index (κ1) is 10.8. The summed E-state index contributed by atoms with van der Waals surface area (Å²) in [6.07, 6.45) is 0. The van der Waals surface area contributed by atoms with E-state index >= 15 is 0 Å². The van der Waals surface area contributed by atoms with Gasteiger partial charge < -0.3 is 4.74 Å². The fraction of sp³-hybridized carbons (Fsp3) is 0.333. The lowest BCUT2D eigenvalue weighted by molar-refractivity contribution is 0.0518. The van der Waals surface area contributed by atoms with Crippen molar-refractivity contribution in [2.75, 3.05) is 0 Å². The van der Waals surface area contributed by atoms with E-state index < -0.39 is 9.04 Å². The van der Waals surface area contributed by atoms with E-state index in [1.54, 1.807) is 6.07 Å². The maximum atomic E-state index is 5.93. The van der Waals surface area contributed by atoms with E-state index in [9.17, 15) is 0 Å². The number of fused-ring (bicyclic) bond motifs is 1. The normalized spacial score (nSPS) is 22.1. The van der Waals surface area contributed by atoms with Gasteiger partial charge in [-0.1, -0.05) is 70.2 Å². The Bertz CT molecular complexity index is 386. The van der Waals surface area contributed by atoms with Gasteiger partial charge in [-0.05, 0) is 6.92 Å². The average molecular weight is 272 g/mol. The molecule has 0 saturated carbocycles. The molecule has 1 aliphatic rings. The number of ether oxygens (including phenoxy) is 1. The van der Waals surface area contributed by atoms with Crippen LogP contribution in [0.5, 0.6) is 0 Å². The maximum Gasteiger partial charge on any atom is 0.247 e. The minimum atomic E-state index is -1.47. The van der Waals surface area contributed by atoms with Gasteiger partial charge in [-0.2, -0.15) is 0 Å². The summed E-state index contributed by atoms with van der Waals surface area (Å²) < 4.78 is 2.19. The Morgan fingerprint density at radius 3 is 2.21 bits per heavy atom. The van der Waals surface area contributed by atoms with Crippen molar-refractivity contribution < 1.29 is 4.74 Å². The van der Waals surface area contributed by atoms with Gasteiger partial charge in [-0.15, -0.1) is 0 Å². The molecule has 1 aromatic carbocycles. The zero-order valence-electron chi connectivity index (χ0n) is 7.15. The first-order valence-corrected chi connectivity index (χ1v) is 5.41. The van der Waals surface area contributed by atoms with E-state index in [-0.39, 0.29) is 0 Å². The van der Waals surface area contributed by atoms with E-state index in [0.29, 0.717) is 11.1 Å². The second-order valence-electron chi connectivity index (χ2n) is 3.18. The molecule has 1 nitrogen and oxygen atoms in total. The van der Waals surface area contributed by atoms with Crippen LogP contribution in [-0.2, 0) is 13.8 Å². The third-order valence-electron chi connectivity index (χ3n) is 2.06. The van der Waals surface area contributed by atoms with Gasteiger partial charge in [0.25, 0.3) is 0 Å². The Labute approximate surface area is 102 Å². The van der Waals surface area contributed by atoms with E-state index in [4.69, 9.17) is 51.1 Å².